The molecule has 0 amide bonds. The summed E-state index contributed by atoms with van der Waals surface area (Å²) in [6.45, 7) is 0. The lowest BCUT2D eigenvalue weighted by atomic mass is 9.85. The molecule has 0 bridgehead atoms. The number of ether oxygens (including phenoxy) is 1. The van der Waals surface area contributed by atoms with Crippen LogP contribution in [-0.4, -0.2) is 32.6 Å². The van der Waals surface area contributed by atoms with Crippen LogP contribution in [0, 0.1) is 5.92 Å². The first kappa shape index (κ1) is 15.8. The fourth-order valence-corrected chi connectivity index (χ4v) is 3.90. The summed E-state index contributed by atoms with van der Waals surface area (Å²) in [5, 5.41) is 9.19. The second-order valence-corrected chi connectivity index (χ2v) is 6.85. The van der Waals surface area contributed by atoms with Gasteiger partial charge in [-0.3, -0.25) is 4.79 Å². The van der Waals surface area contributed by atoms with Gasteiger partial charge < -0.3 is 9.84 Å². The molecule has 0 saturated heterocycles. The number of rotatable bonds is 5. The van der Waals surface area contributed by atoms with Crippen LogP contribution in [0.15, 0.2) is 29.2 Å². The van der Waals surface area contributed by atoms with Crippen molar-refractivity contribution in [2.45, 2.75) is 36.6 Å². The minimum atomic E-state index is -3.72. The molecule has 1 aromatic carbocycles. The third-order valence-corrected chi connectivity index (χ3v) is 5.27. The Hall–Kier alpha value is -1.60. The molecule has 0 aliphatic heterocycles. The van der Waals surface area contributed by atoms with Crippen LogP contribution in [0.2, 0.25) is 0 Å². The van der Waals surface area contributed by atoms with Gasteiger partial charge in [-0.25, -0.2) is 13.1 Å². The fraction of sp³-hybridized carbons (Fsp3) is 0.500. The van der Waals surface area contributed by atoms with E-state index < -0.39 is 28.0 Å². The van der Waals surface area contributed by atoms with Gasteiger partial charge in [-0.05, 0) is 37.1 Å². The van der Waals surface area contributed by atoms with E-state index in [9.17, 15) is 18.3 Å². The number of carbonyl (C=O) groups is 1. The highest BCUT2D eigenvalue weighted by molar-refractivity contribution is 7.89. The van der Waals surface area contributed by atoms with Gasteiger partial charge >= 0.3 is 5.97 Å². The minimum Gasteiger partial charge on any atom is -0.497 e. The predicted octanol–water partition coefficient (Wildman–Crippen LogP) is 1.62. The van der Waals surface area contributed by atoms with Crippen molar-refractivity contribution in [3.05, 3.63) is 24.3 Å². The van der Waals surface area contributed by atoms with Crippen LogP contribution in [0.4, 0.5) is 0 Å². The maximum Gasteiger partial charge on any atom is 0.308 e. The zero-order chi connectivity index (χ0) is 15.5. The number of hydrogen-bond donors (Lipinski definition) is 2. The van der Waals surface area contributed by atoms with Gasteiger partial charge in [0.25, 0.3) is 0 Å². The standard InChI is InChI=1S/C14H19NO5S/c1-20-10-6-8-11(9-7-10)21(18,19)15-13-5-3-2-4-12(13)14(16)17/h6-9,12-13,15H,2-5H2,1H3,(H,16,17)/t12-,13+/m1/s1. The molecule has 0 heterocycles. The van der Waals surface area contributed by atoms with E-state index in [4.69, 9.17) is 4.74 Å². The quantitative estimate of drug-likeness (QED) is 0.861. The smallest absolute Gasteiger partial charge is 0.308 e. The Balaban J connectivity index is 2.17. The fourth-order valence-electron chi connectivity index (χ4n) is 2.59. The van der Waals surface area contributed by atoms with E-state index in [1.54, 1.807) is 12.1 Å². The Morgan fingerprint density at radius 1 is 1.24 bits per heavy atom. The molecular weight excluding hydrogens is 294 g/mol. The van der Waals surface area contributed by atoms with Crippen LogP contribution in [0.5, 0.6) is 5.75 Å². The van der Waals surface area contributed by atoms with Gasteiger partial charge in [0, 0.05) is 6.04 Å². The molecule has 2 atom stereocenters. The first-order valence-electron chi connectivity index (χ1n) is 6.83. The van der Waals surface area contributed by atoms with Crippen LogP contribution in [-0.2, 0) is 14.8 Å². The molecule has 0 radical (unpaired) electrons. The molecule has 116 valence electrons. The number of methoxy groups -OCH3 is 1. The number of sulfonamides is 1. The van der Waals surface area contributed by atoms with Crippen LogP contribution >= 0.6 is 0 Å². The van der Waals surface area contributed by atoms with Crippen LogP contribution in [0.1, 0.15) is 25.7 Å². The van der Waals surface area contributed by atoms with Crippen molar-refractivity contribution in [3.63, 3.8) is 0 Å². The number of nitrogens with one attached hydrogen (secondary N) is 1. The summed E-state index contributed by atoms with van der Waals surface area (Å²) in [4.78, 5) is 11.3. The van der Waals surface area contributed by atoms with E-state index in [2.05, 4.69) is 4.72 Å². The third kappa shape index (κ3) is 3.74. The number of benzene rings is 1. The SMILES string of the molecule is COc1ccc(S(=O)(=O)N[C@H]2CCCC[C@H]2C(=O)O)cc1. The normalized spacial score (nSPS) is 22.7. The molecule has 1 aliphatic rings. The number of hydrogen-bond acceptors (Lipinski definition) is 4. The summed E-state index contributed by atoms with van der Waals surface area (Å²) < 4.78 is 32.2. The zero-order valence-corrected chi connectivity index (χ0v) is 12.6. The first-order valence-corrected chi connectivity index (χ1v) is 8.31. The molecular formula is C14H19NO5S. The van der Waals surface area contributed by atoms with Crippen molar-refractivity contribution in [2.75, 3.05) is 7.11 Å². The molecule has 21 heavy (non-hydrogen) atoms. The second kappa shape index (κ2) is 6.44. The van der Waals surface area contributed by atoms with E-state index in [0.717, 1.165) is 12.8 Å². The highest BCUT2D eigenvalue weighted by Crippen LogP contribution is 2.26. The maximum absolute atomic E-state index is 12.3. The summed E-state index contributed by atoms with van der Waals surface area (Å²) in [5.74, 6) is -1.04. The van der Waals surface area contributed by atoms with Gasteiger partial charge in [0.1, 0.15) is 5.75 Å². The average molecular weight is 313 g/mol. The predicted molar refractivity (Wildman–Crippen MR) is 76.7 cm³/mol. The first-order chi connectivity index (χ1) is 9.94. The number of carboxylic acid groups (broad SMARTS) is 1. The van der Waals surface area contributed by atoms with E-state index >= 15 is 0 Å². The van der Waals surface area contributed by atoms with Crippen molar-refractivity contribution >= 4 is 16.0 Å². The third-order valence-electron chi connectivity index (χ3n) is 3.76. The molecule has 7 heteroatoms. The van der Waals surface area contributed by atoms with Crippen LogP contribution in [0.25, 0.3) is 0 Å². The Morgan fingerprint density at radius 3 is 2.43 bits per heavy atom. The molecule has 1 fully saturated rings. The Labute approximate surface area is 124 Å². The lowest BCUT2D eigenvalue weighted by Crippen LogP contribution is -2.44. The van der Waals surface area contributed by atoms with Gasteiger partial charge in [0.05, 0.1) is 17.9 Å². The van der Waals surface area contributed by atoms with E-state index in [0.29, 0.717) is 18.6 Å². The zero-order valence-electron chi connectivity index (χ0n) is 11.8. The topological polar surface area (TPSA) is 92.7 Å². The van der Waals surface area contributed by atoms with Gasteiger partial charge in [-0.15, -0.1) is 0 Å². The second-order valence-electron chi connectivity index (χ2n) is 5.13. The number of carboxylic acids is 1. The van der Waals surface area contributed by atoms with E-state index in [1.165, 1.54) is 19.2 Å². The highest BCUT2D eigenvalue weighted by Gasteiger charge is 2.33. The lowest BCUT2D eigenvalue weighted by molar-refractivity contribution is -0.143. The Morgan fingerprint density at radius 2 is 1.86 bits per heavy atom. The van der Waals surface area contributed by atoms with Crippen LogP contribution in [0.3, 0.4) is 0 Å². The largest absolute Gasteiger partial charge is 0.497 e. The lowest BCUT2D eigenvalue weighted by Gasteiger charge is -2.28. The molecule has 0 unspecified atom stereocenters. The van der Waals surface area contributed by atoms with Crippen LogP contribution < -0.4 is 9.46 Å². The monoisotopic (exact) mass is 313 g/mol. The summed E-state index contributed by atoms with van der Waals surface area (Å²) in [7, 11) is -2.22. The van der Waals surface area contributed by atoms with E-state index in [1.807, 2.05) is 0 Å². The molecule has 0 aromatic heterocycles. The average Bonchev–Trinajstić information content (AvgIpc) is 2.47. The molecule has 0 spiro atoms. The highest BCUT2D eigenvalue weighted by atomic mass is 32.2. The molecule has 1 aliphatic carbocycles. The molecule has 6 nitrogen and oxygen atoms in total. The Bertz CT molecular complexity index is 596. The van der Waals surface area contributed by atoms with Crippen molar-refractivity contribution in [1.29, 1.82) is 0 Å². The summed E-state index contributed by atoms with van der Waals surface area (Å²) in [6.07, 6.45) is 2.70. The van der Waals surface area contributed by atoms with Crippen molar-refractivity contribution in [3.8, 4) is 5.75 Å². The van der Waals surface area contributed by atoms with Crippen molar-refractivity contribution in [2.24, 2.45) is 5.92 Å². The molecule has 1 aromatic rings. The van der Waals surface area contributed by atoms with E-state index in [-0.39, 0.29) is 4.90 Å². The van der Waals surface area contributed by atoms with Crippen molar-refractivity contribution in [1.82, 2.24) is 4.72 Å². The van der Waals surface area contributed by atoms with Gasteiger partial charge in [0.2, 0.25) is 10.0 Å². The Kier molecular flexibility index (Phi) is 4.84. The minimum absolute atomic E-state index is 0.109. The molecule has 2 N–H and O–H groups in total. The maximum atomic E-state index is 12.3. The number of aliphatic carboxylic acids is 1. The van der Waals surface area contributed by atoms with Crippen molar-refractivity contribution < 1.29 is 23.1 Å². The van der Waals surface area contributed by atoms with Gasteiger partial charge in [-0.2, -0.15) is 0 Å². The molecule has 2 rings (SSSR count). The molecule has 1 saturated carbocycles. The summed E-state index contributed by atoms with van der Waals surface area (Å²) in [6, 6.07) is 5.46. The van der Waals surface area contributed by atoms with Gasteiger partial charge in [-0.1, -0.05) is 12.8 Å². The summed E-state index contributed by atoms with van der Waals surface area (Å²) >= 11 is 0. The summed E-state index contributed by atoms with van der Waals surface area (Å²) in [5.41, 5.74) is 0. The van der Waals surface area contributed by atoms with Gasteiger partial charge in [0.15, 0.2) is 0 Å².